The first-order chi connectivity index (χ1) is 16.9. The number of H-pyrrole nitrogens is 1. The van der Waals surface area contributed by atoms with E-state index in [0.717, 1.165) is 31.7 Å². The highest BCUT2D eigenvalue weighted by Gasteiger charge is 2.20. The van der Waals surface area contributed by atoms with Crippen molar-refractivity contribution in [1.29, 1.82) is 0 Å². The molecule has 35 heavy (non-hydrogen) atoms. The molecule has 0 saturated carbocycles. The molecule has 10 nitrogen and oxygen atoms in total. The van der Waals surface area contributed by atoms with Crippen molar-refractivity contribution >= 4 is 28.6 Å². The molecule has 4 aromatic rings. The molecule has 182 valence electrons. The second-order valence-electron chi connectivity index (χ2n) is 8.41. The maximum Gasteiger partial charge on any atom is 0.258 e. The second-order valence-corrected chi connectivity index (χ2v) is 8.41. The Balaban J connectivity index is 1.30. The first kappa shape index (κ1) is 22.8. The molecule has 1 aliphatic rings. The van der Waals surface area contributed by atoms with E-state index in [2.05, 4.69) is 30.3 Å². The first-order valence-electron chi connectivity index (χ1n) is 11.3. The van der Waals surface area contributed by atoms with Crippen LogP contribution >= 0.6 is 0 Å². The molecule has 0 atom stereocenters. The summed E-state index contributed by atoms with van der Waals surface area (Å²) in [5, 5.41) is 7.14. The van der Waals surface area contributed by atoms with Crippen molar-refractivity contribution < 1.29 is 18.7 Å². The van der Waals surface area contributed by atoms with E-state index >= 15 is 0 Å². The number of halogens is 1. The highest BCUT2D eigenvalue weighted by atomic mass is 19.1. The average molecular weight is 480 g/mol. The van der Waals surface area contributed by atoms with Gasteiger partial charge in [0.2, 0.25) is 0 Å². The van der Waals surface area contributed by atoms with Crippen molar-refractivity contribution in [2.24, 2.45) is 7.05 Å². The molecular formula is C24H26FN7O3. The Morgan fingerprint density at radius 2 is 2.00 bits per heavy atom. The number of carbonyl (C=O) groups excluding carboxylic acids is 1. The van der Waals surface area contributed by atoms with Gasteiger partial charge in [0.05, 0.1) is 24.3 Å². The Bertz CT molecular complexity index is 1360. The third kappa shape index (κ3) is 4.54. The minimum atomic E-state index is -0.465. The van der Waals surface area contributed by atoms with Crippen LogP contribution in [0.15, 0.2) is 36.5 Å². The molecule has 1 aromatic carbocycles. The van der Waals surface area contributed by atoms with E-state index in [1.807, 2.05) is 6.07 Å². The van der Waals surface area contributed by atoms with Crippen LogP contribution in [0.5, 0.6) is 5.75 Å². The van der Waals surface area contributed by atoms with Crippen LogP contribution in [0.3, 0.4) is 0 Å². The summed E-state index contributed by atoms with van der Waals surface area (Å²) in [5.74, 6) is 1.19. The van der Waals surface area contributed by atoms with Crippen LogP contribution in [0.2, 0.25) is 0 Å². The average Bonchev–Trinajstić information content (AvgIpc) is 3.47. The molecule has 4 heterocycles. The number of pyridine rings is 1. The molecule has 5 rings (SSSR count). The van der Waals surface area contributed by atoms with Gasteiger partial charge in [-0.05, 0) is 25.0 Å². The molecule has 3 aromatic heterocycles. The number of hydrogen-bond acceptors (Lipinski definition) is 7. The smallest absolute Gasteiger partial charge is 0.258 e. The zero-order valence-electron chi connectivity index (χ0n) is 19.7. The molecule has 0 bridgehead atoms. The van der Waals surface area contributed by atoms with Crippen molar-refractivity contribution in [3.63, 3.8) is 0 Å². The van der Waals surface area contributed by atoms with E-state index < -0.39 is 5.82 Å². The standard InChI is InChI=1S/C24H26FN7O3/c1-31-19(23-27-18-11-16(35-3)10-17(25)22(18)29-23)12-20(30-31)28-24(33)14-4-5-21(26-13-14)32-8-6-15(34-2)7-9-32/h4-5,10-13,15H,6-9H2,1-3H3,(H,27,29)(H,28,30,33). The van der Waals surface area contributed by atoms with Crippen LogP contribution in [0, 0.1) is 5.82 Å². The molecule has 0 aliphatic carbocycles. The summed E-state index contributed by atoms with van der Waals surface area (Å²) in [4.78, 5) is 26.9. The van der Waals surface area contributed by atoms with Crippen LogP contribution in [-0.2, 0) is 11.8 Å². The summed E-state index contributed by atoms with van der Waals surface area (Å²) in [6.45, 7) is 1.73. The van der Waals surface area contributed by atoms with Gasteiger partial charge in [-0.1, -0.05) is 0 Å². The molecule has 1 saturated heterocycles. The van der Waals surface area contributed by atoms with Gasteiger partial charge < -0.3 is 24.7 Å². The monoisotopic (exact) mass is 479 g/mol. The van der Waals surface area contributed by atoms with Gasteiger partial charge in [-0.3, -0.25) is 9.48 Å². The largest absolute Gasteiger partial charge is 0.497 e. The maximum atomic E-state index is 14.4. The third-order valence-corrected chi connectivity index (χ3v) is 6.23. The van der Waals surface area contributed by atoms with Crippen LogP contribution in [0.4, 0.5) is 16.0 Å². The van der Waals surface area contributed by atoms with Gasteiger partial charge >= 0.3 is 0 Å². The number of rotatable bonds is 6. The van der Waals surface area contributed by atoms with E-state index in [4.69, 9.17) is 9.47 Å². The summed E-state index contributed by atoms with van der Waals surface area (Å²) >= 11 is 0. The first-order valence-corrected chi connectivity index (χ1v) is 11.3. The lowest BCUT2D eigenvalue weighted by molar-refractivity contribution is 0.0818. The van der Waals surface area contributed by atoms with Crippen LogP contribution in [0.25, 0.3) is 22.6 Å². The normalized spacial score (nSPS) is 14.5. The lowest BCUT2D eigenvalue weighted by Gasteiger charge is -2.32. The number of aromatic nitrogens is 5. The predicted octanol–water partition coefficient (Wildman–Crippen LogP) is 3.37. The number of amides is 1. The van der Waals surface area contributed by atoms with E-state index in [1.165, 1.54) is 13.2 Å². The number of nitrogens with zero attached hydrogens (tertiary/aromatic N) is 5. The highest BCUT2D eigenvalue weighted by molar-refractivity contribution is 6.03. The molecule has 0 radical (unpaired) electrons. The number of piperidine rings is 1. The number of aromatic amines is 1. The number of imidazole rings is 1. The van der Waals surface area contributed by atoms with Crippen LogP contribution in [0.1, 0.15) is 23.2 Å². The molecule has 0 unspecified atom stereocenters. The SMILES string of the molecule is COc1cc(F)c2[nH]c(-c3cc(NC(=O)c4ccc(N5CCC(OC)CC5)nc4)nn3C)nc2c1. The summed E-state index contributed by atoms with van der Waals surface area (Å²) in [6.07, 6.45) is 3.76. The van der Waals surface area contributed by atoms with Crippen LogP contribution in [-0.4, -0.2) is 64.1 Å². The Morgan fingerprint density at radius 3 is 2.69 bits per heavy atom. The number of hydrogen-bond donors (Lipinski definition) is 2. The number of carbonyl (C=O) groups is 1. The van der Waals surface area contributed by atoms with Crippen molar-refractivity contribution in [2.45, 2.75) is 18.9 Å². The summed E-state index contributed by atoms with van der Waals surface area (Å²) in [5.41, 5.74) is 1.71. The zero-order chi connectivity index (χ0) is 24.5. The Morgan fingerprint density at radius 1 is 1.20 bits per heavy atom. The van der Waals surface area contributed by atoms with Gasteiger partial charge in [0.1, 0.15) is 22.8 Å². The molecule has 11 heteroatoms. The summed E-state index contributed by atoms with van der Waals surface area (Å²) < 4.78 is 26.5. The number of nitrogens with one attached hydrogen (secondary N) is 2. The van der Waals surface area contributed by atoms with E-state index in [-0.39, 0.29) is 11.4 Å². The quantitative estimate of drug-likeness (QED) is 0.436. The van der Waals surface area contributed by atoms with E-state index in [9.17, 15) is 9.18 Å². The van der Waals surface area contributed by atoms with Crippen LogP contribution < -0.4 is 15.0 Å². The fraction of sp³-hybridized carbons (Fsp3) is 0.333. The molecule has 1 fully saturated rings. The molecule has 1 aliphatic heterocycles. The summed E-state index contributed by atoms with van der Waals surface area (Å²) in [6, 6.07) is 8.21. The predicted molar refractivity (Wildman–Crippen MR) is 129 cm³/mol. The number of ether oxygens (including phenoxy) is 2. The fourth-order valence-electron chi connectivity index (χ4n) is 4.25. The number of benzene rings is 1. The van der Waals surface area contributed by atoms with Crippen molar-refractivity contribution in [3.05, 3.63) is 47.9 Å². The number of fused-ring (bicyclic) bond motifs is 1. The lowest BCUT2D eigenvalue weighted by atomic mass is 10.1. The Labute approximate surface area is 201 Å². The van der Waals surface area contributed by atoms with Crippen molar-refractivity contribution in [2.75, 3.05) is 37.5 Å². The maximum absolute atomic E-state index is 14.4. The van der Waals surface area contributed by atoms with Gasteiger partial charge in [0.15, 0.2) is 17.5 Å². The van der Waals surface area contributed by atoms with Gasteiger partial charge in [-0.25, -0.2) is 14.4 Å². The number of aryl methyl sites for hydroxylation is 1. The lowest BCUT2D eigenvalue weighted by Crippen LogP contribution is -2.37. The molecule has 0 spiro atoms. The third-order valence-electron chi connectivity index (χ3n) is 6.23. The van der Waals surface area contributed by atoms with Gasteiger partial charge in [-0.2, -0.15) is 5.10 Å². The topological polar surface area (TPSA) is 110 Å². The molecule has 1 amide bonds. The minimum absolute atomic E-state index is 0.269. The second kappa shape index (κ2) is 9.34. The minimum Gasteiger partial charge on any atom is -0.497 e. The van der Waals surface area contributed by atoms with E-state index in [0.29, 0.717) is 40.3 Å². The Hall–Kier alpha value is -3.99. The van der Waals surface area contributed by atoms with Crippen molar-refractivity contribution in [3.8, 4) is 17.3 Å². The molecular weight excluding hydrogens is 453 g/mol. The zero-order valence-corrected chi connectivity index (χ0v) is 19.7. The highest BCUT2D eigenvalue weighted by Crippen LogP contribution is 2.27. The Kier molecular flexibility index (Phi) is 6.08. The van der Waals surface area contributed by atoms with Gasteiger partial charge in [0, 0.05) is 51.6 Å². The number of anilines is 2. The van der Waals surface area contributed by atoms with Gasteiger partial charge in [0.25, 0.3) is 5.91 Å². The fourth-order valence-corrected chi connectivity index (χ4v) is 4.25. The number of methoxy groups -OCH3 is 2. The van der Waals surface area contributed by atoms with E-state index in [1.54, 1.807) is 43.2 Å². The summed E-state index contributed by atoms with van der Waals surface area (Å²) in [7, 11) is 4.93. The molecule has 2 N–H and O–H groups in total. The van der Waals surface area contributed by atoms with Gasteiger partial charge in [-0.15, -0.1) is 0 Å². The van der Waals surface area contributed by atoms with Crippen molar-refractivity contribution in [1.82, 2.24) is 24.7 Å².